The number of nitrogens with one attached hydrogen (secondary N) is 1. The third-order valence-corrected chi connectivity index (χ3v) is 2.90. The Kier molecular flexibility index (Phi) is 7.90. The number of aliphatic carboxylic acids is 1. The molecular formula is C16H23NO6. The van der Waals surface area contributed by atoms with Crippen LogP contribution in [0.1, 0.15) is 30.6 Å². The number of carbonyl (C=O) groups is 2. The summed E-state index contributed by atoms with van der Waals surface area (Å²) >= 11 is 0. The Morgan fingerprint density at radius 1 is 1.22 bits per heavy atom. The molecule has 0 saturated heterocycles. The summed E-state index contributed by atoms with van der Waals surface area (Å²) in [4.78, 5) is 23.2. The zero-order valence-electron chi connectivity index (χ0n) is 13.6. The minimum absolute atomic E-state index is 0.114. The molecule has 23 heavy (non-hydrogen) atoms. The maximum atomic E-state index is 12.2. The average molecular weight is 325 g/mol. The maximum Gasteiger partial charge on any atom is 0.328 e. The van der Waals surface area contributed by atoms with Crippen molar-refractivity contribution in [3.63, 3.8) is 0 Å². The molecule has 7 nitrogen and oxygen atoms in total. The summed E-state index contributed by atoms with van der Waals surface area (Å²) in [6, 6.07) is 3.63. The summed E-state index contributed by atoms with van der Waals surface area (Å²) in [5.74, 6) is -0.672. The van der Waals surface area contributed by atoms with Crippen LogP contribution in [-0.2, 0) is 9.53 Å². The topological polar surface area (TPSA) is 94.1 Å². The van der Waals surface area contributed by atoms with Crippen LogP contribution in [0.25, 0.3) is 0 Å². The zero-order chi connectivity index (χ0) is 17.2. The molecule has 0 aliphatic heterocycles. The van der Waals surface area contributed by atoms with Crippen LogP contribution in [0.5, 0.6) is 11.5 Å². The molecule has 1 unspecified atom stereocenters. The summed E-state index contributed by atoms with van der Waals surface area (Å²) in [5, 5.41) is 11.4. The van der Waals surface area contributed by atoms with Crippen LogP contribution < -0.4 is 14.8 Å². The zero-order valence-corrected chi connectivity index (χ0v) is 13.6. The van der Waals surface area contributed by atoms with Crippen molar-refractivity contribution in [3.8, 4) is 11.5 Å². The molecule has 0 aliphatic carbocycles. The van der Waals surface area contributed by atoms with E-state index in [-0.39, 0.29) is 6.61 Å². The molecule has 0 spiro atoms. The average Bonchev–Trinajstić information content (AvgIpc) is 2.53. The Hall–Kier alpha value is -2.28. The van der Waals surface area contributed by atoms with Crippen molar-refractivity contribution in [2.75, 3.05) is 26.9 Å². The number of methoxy groups -OCH3 is 1. The summed E-state index contributed by atoms with van der Waals surface area (Å²) in [6.45, 7) is 4.67. The predicted molar refractivity (Wildman–Crippen MR) is 84.2 cm³/mol. The molecular weight excluding hydrogens is 302 g/mol. The van der Waals surface area contributed by atoms with Crippen molar-refractivity contribution in [2.24, 2.45) is 0 Å². The molecule has 0 fully saturated rings. The van der Waals surface area contributed by atoms with Gasteiger partial charge in [-0.3, -0.25) is 4.79 Å². The number of hydrogen-bond donors (Lipinski definition) is 2. The van der Waals surface area contributed by atoms with Gasteiger partial charge in [-0.2, -0.15) is 0 Å². The Labute approximate surface area is 135 Å². The van der Waals surface area contributed by atoms with E-state index in [1.165, 1.54) is 13.2 Å². The molecule has 1 aromatic carbocycles. The molecule has 0 heterocycles. The van der Waals surface area contributed by atoms with Gasteiger partial charge in [0.25, 0.3) is 5.91 Å². The van der Waals surface area contributed by atoms with Gasteiger partial charge in [0.1, 0.15) is 0 Å². The van der Waals surface area contributed by atoms with E-state index in [0.717, 1.165) is 6.42 Å². The summed E-state index contributed by atoms with van der Waals surface area (Å²) in [5.41, 5.74) is 0.291. The van der Waals surface area contributed by atoms with Crippen LogP contribution in [0.2, 0.25) is 0 Å². The quantitative estimate of drug-likeness (QED) is 0.680. The lowest BCUT2D eigenvalue weighted by Gasteiger charge is -2.15. The van der Waals surface area contributed by atoms with E-state index in [9.17, 15) is 9.59 Å². The first-order valence-corrected chi connectivity index (χ1v) is 7.45. The van der Waals surface area contributed by atoms with Crippen LogP contribution in [0, 0.1) is 0 Å². The molecule has 0 aliphatic rings. The smallest absolute Gasteiger partial charge is 0.328 e. The minimum Gasteiger partial charge on any atom is -0.490 e. The van der Waals surface area contributed by atoms with Crippen LogP contribution in [0.15, 0.2) is 18.2 Å². The molecule has 1 rings (SSSR count). The second kappa shape index (κ2) is 9.68. The molecule has 0 radical (unpaired) electrons. The fraction of sp³-hybridized carbons (Fsp3) is 0.500. The number of carboxylic acids is 1. The number of amides is 1. The lowest BCUT2D eigenvalue weighted by atomic mass is 10.1. The Bertz CT molecular complexity index is 531. The van der Waals surface area contributed by atoms with E-state index in [4.69, 9.17) is 19.3 Å². The molecule has 1 amide bonds. The number of benzene rings is 1. The first kappa shape index (κ1) is 18.8. The number of hydrogen-bond acceptors (Lipinski definition) is 5. The van der Waals surface area contributed by atoms with Gasteiger partial charge < -0.3 is 24.6 Å². The second-order valence-electron chi connectivity index (χ2n) is 4.76. The van der Waals surface area contributed by atoms with Gasteiger partial charge in [-0.15, -0.1) is 0 Å². The van der Waals surface area contributed by atoms with Gasteiger partial charge in [-0.1, -0.05) is 6.92 Å². The van der Waals surface area contributed by atoms with Crippen molar-refractivity contribution in [1.29, 1.82) is 0 Å². The molecule has 128 valence electrons. The van der Waals surface area contributed by atoms with E-state index in [1.54, 1.807) is 12.1 Å². The lowest BCUT2D eigenvalue weighted by Crippen LogP contribution is -2.43. The Morgan fingerprint density at radius 3 is 2.52 bits per heavy atom. The van der Waals surface area contributed by atoms with E-state index < -0.39 is 17.9 Å². The van der Waals surface area contributed by atoms with Crippen LogP contribution in [-0.4, -0.2) is 50.0 Å². The van der Waals surface area contributed by atoms with Crippen LogP contribution in [0.3, 0.4) is 0 Å². The Morgan fingerprint density at radius 2 is 1.96 bits per heavy atom. The van der Waals surface area contributed by atoms with E-state index in [2.05, 4.69) is 5.32 Å². The highest BCUT2D eigenvalue weighted by Crippen LogP contribution is 2.28. The summed E-state index contributed by atoms with van der Waals surface area (Å²) < 4.78 is 15.8. The predicted octanol–water partition coefficient (Wildman–Crippen LogP) is 1.70. The highest BCUT2D eigenvalue weighted by Gasteiger charge is 2.21. The van der Waals surface area contributed by atoms with Gasteiger partial charge in [0.05, 0.1) is 19.8 Å². The van der Waals surface area contributed by atoms with Crippen LogP contribution >= 0.6 is 0 Å². The van der Waals surface area contributed by atoms with Gasteiger partial charge in [0, 0.05) is 12.7 Å². The minimum atomic E-state index is -1.16. The molecule has 2 N–H and O–H groups in total. The van der Waals surface area contributed by atoms with E-state index in [1.807, 2.05) is 13.8 Å². The molecule has 0 aromatic heterocycles. The highest BCUT2D eigenvalue weighted by molar-refractivity contribution is 5.97. The van der Waals surface area contributed by atoms with Gasteiger partial charge in [0.15, 0.2) is 17.5 Å². The van der Waals surface area contributed by atoms with E-state index >= 15 is 0 Å². The van der Waals surface area contributed by atoms with Crippen molar-refractivity contribution >= 4 is 11.9 Å². The summed E-state index contributed by atoms with van der Waals surface area (Å²) in [6.07, 6.45) is 0.852. The normalized spacial score (nSPS) is 11.6. The molecule has 0 bridgehead atoms. The first-order chi connectivity index (χ1) is 11.0. The third-order valence-electron chi connectivity index (χ3n) is 2.90. The second-order valence-corrected chi connectivity index (χ2v) is 4.76. The third kappa shape index (κ3) is 5.78. The van der Waals surface area contributed by atoms with Crippen molar-refractivity contribution in [3.05, 3.63) is 23.8 Å². The van der Waals surface area contributed by atoms with Crippen molar-refractivity contribution in [2.45, 2.75) is 26.3 Å². The summed E-state index contributed by atoms with van der Waals surface area (Å²) in [7, 11) is 1.37. The largest absolute Gasteiger partial charge is 0.490 e. The molecule has 7 heteroatoms. The standard InChI is InChI=1S/C16H23NO6/c1-4-8-23-13-7-6-11(9-14(13)22-5-2)15(18)17-12(10-21-3)16(19)20/h6-7,9,12H,4-5,8,10H2,1-3H3,(H,17,18)(H,19,20). The fourth-order valence-electron chi connectivity index (χ4n) is 1.83. The molecule has 0 saturated carbocycles. The van der Waals surface area contributed by atoms with Gasteiger partial charge in [-0.05, 0) is 31.5 Å². The lowest BCUT2D eigenvalue weighted by molar-refractivity contribution is -0.140. The Balaban J connectivity index is 2.91. The molecule has 1 atom stereocenters. The number of rotatable bonds is 10. The van der Waals surface area contributed by atoms with Gasteiger partial charge >= 0.3 is 5.97 Å². The number of carboxylic acid groups (broad SMARTS) is 1. The number of carbonyl (C=O) groups excluding carboxylic acids is 1. The van der Waals surface area contributed by atoms with Gasteiger partial charge in [0.2, 0.25) is 0 Å². The number of ether oxygens (including phenoxy) is 3. The van der Waals surface area contributed by atoms with E-state index in [0.29, 0.717) is 30.3 Å². The monoisotopic (exact) mass is 325 g/mol. The van der Waals surface area contributed by atoms with Crippen molar-refractivity contribution in [1.82, 2.24) is 5.32 Å². The fourth-order valence-corrected chi connectivity index (χ4v) is 1.83. The first-order valence-electron chi connectivity index (χ1n) is 7.45. The van der Waals surface area contributed by atoms with Gasteiger partial charge in [-0.25, -0.2) is 4.79 Å². The van der Waals surface area contributed by atoms with Crippen LogP contribution in [0.4, 0.5) is 0 Å². The highest BCUT2D eigenvalue weighted by atomic mass is 16.5. The SMILES string of the molecule is CCCOc1ccc(C(=O)NC(COC)C(=O)O)cc1OCC. The van der Waals surface area contributed by atoms with Crippen molar-refractivity contribution < 1.29 is 28.9 Å². The molecule has 1 aromatic rings. The maximum absolute atomic E-state index is 12.2.